The number of amides is 1. The molecule has 2 aliphatic rings. The third-order valence-corrected chi connectivity index (χ3v) is 3.75. The van der Waals surface area contributed by atoms with Crippen LogP contribution in [0.25, 0.3) is 0 Å². The summed E-state index contributed by atoms with van der Waals surface area (Å²) in [5, 5.41) is 6.24. The van der Waals surface area contributed by atoms with Gasteiger partial charge in [0.05, 0.1) is 6.04 Å². The van der Waals surface area contributed by atoms with Gasteiger partial charge in [0.15, 0.2) is 0 Å². The number of likely N-dealkylation sites (N-methyl/N-ethyl adjacent to an activating group) is 1. The van der Waals surface area contributed by atoms with Gasteiger partial charge in [0.2, 0.25) is 5.91 Å². The molecule has 0 bridgehead atoms. The minimum Gasteiger partial charge on any atom is -0.337 e. The molecule has 1 amide bonds. The highest BCUT2D eigenvalue weighted by atomic mass is 16.2. The summed E-state index contributed by atoms with van der Waals surface area (Å²) < 4.78 is 0. The minimum absolute atomic E-state index is 0.0188. The van der Waals surface area contributed by atoms with Gasteiger partial charge in [-0.15, -0.1) is 0 Å². The highest BCUT2D eigenvalue weighted by molar-refractivity contribution is 5.82. The van der Waals surface area contributed by atoms with Crippen LogP contribution in [0.5, 0.6) is 0 Å². The van der Waals surface area contributed by atoms with Gasteiger partial charge >= 0.3 is 0 Å². The van der Waals surface area contributed by atoms with Gasteiger partial charge in [-0.05, 0) is 37.8 Å². The first-order valence-corrected chi connectivity index (χ1v) is 6.40. The van der Waals surface area contributed by atoms with Crippen molar-refractivity contribution in [3.05, 3.63) is 24.4 Å². The van der Waals surface area contributed by atoms with Crippen LogP contribution in [-0.2, 0) is 4.79 Å². The summed E-state index contributed by atoms with van der Waals surface area (Å²) in [7, 11) is 1.86. The zero-order valence-corrected chi connectivity index (χ0v) is 10.7. The largest absolute Gasteiger partial charge is 0.337 e. The van der Waals surface area contributed by atoms with E-state index in [4.69, 9.17) is 5.53 Å². The molecule has 1 saturated carbocycles. The number of allylic oxidation sites excluding steroid dienone is 2. The van der Waals surface area contributed by atoms with Crippen molar-refractivity contribution < 1.29 is 4.79 Å². The molecule has 5 heteroatoms. The summed E-state index contributed by atoms with van der Waals surface area (Å²) >= 11 is 0. The van der Waals surface area contributed by atoms with E-state index in [1.807, 2.05) is 24.1 Å². The molecule has 2 N–H and O–H groups in total. The highest BCUT2D eigenvalue weighted by Crippen LogP contribution is 2.44. The van der Waals surface area contributed by atoms with Crippen molar-refractivity contribution in [2.24, 2.45) is 17.0 Å². The van der Waals surface area contributed by atoms with Crippen molar-refractivity contribution in [2.45, 2.75) is 18.9 Å². The molecule has 5 nitrogen and oxygen atoms in total. The van der Waals surface area contributed by atoms with Crippen LogP contribution >= 0.6 is 0 Å². The monoisotopic (exact) mass is 248 g/mol. The van der Waals surface area contributed by atoms with Gasteiger partial charge in [-0.3, -0.25) is 4.79 Å². The van der Waals surface area contributed by atoms with E-state index in [9.17, 15) is 4.79 Å². The lowest BCUT2D eigenvalue weighted by molar-refractivity contribution is -0.132. The van der Waals surface area contributed by atoms with Crippen LogP contribution in [0, 0.1) is 17.4 Å². The molecule has 3 atom stereocenters. The Morgan fingerprint density at radius 3 is 3.00 bits per heavy atom. The first kappa shape index (κ1) is 13.0. The van der Waals surface area contributed by atoms with E-state index in [0.717, 1.165) is 18.9 Å². The predicted octanol–water partition coefficient (Wildman–Crippen LogP) is 1.54. The normalized spacial score (nSPS) is 31.7. The van der Waals surface area contributed by atoms with Crippen LogP contribution in [0.2, 0.25) is 0 Å². The average Bonchev–Trinajstić information content (AvgIpc) is 3.11. The van der Waals surface area contributed by atoms with Crippen LogP contribution in [0.1, 0.15) is 12.8 Å². The number of hydrogen-bond acceptors (Lipinski definition) is 4. The number of carbonyl (C=O) groups is 1. The molecule has 0 aromatic carbocycles. The van der Waals surface area contributed by atoms with Crippen LogP contribution in [-0.4, -0.2) is 37.0 Å². The van der Waals surface area contributed by atoms with Gasteiger partial charge in [-0.2, -0.15) is 5.11 Å². The number of nitrogens with one attached hydrogen (secondary N) is 2. The number of likely N-dealkylation sites (tertiary alicyclic amines) is 1. The first-order chi connectivity index (χ1) is 8.76. The summed E-state index contributed by atoms with van der Waals surface area (Å²) in [4.78, 5) is 14.2. The fourth-order valence-corrected chi connectivity index (χ4v) is 2.58. The van der Waals surface area contributed by atoms with Gasteiger partial charge in [0, 0.05) is 19.3 Å². The fourth-order valence-electron chi connectivity index (χ4n) is 2.58. The van der Waals surface area contributed by atoms with Crippen LogP contribution in [0.3, 0.4) is 0 Å². The molecule has 1 aliphatic carbocycles. The zero-order valence-electron chi connectivity index (χ0n) is 10.7. The summed E-state index contributed by atoms with van der Waals surface area (Å²) in [6.07, 6.45) is 9.13. The smallest absolute Gasteiger partial charge is 0.239 e. The quantitative estimate of drug-likeness (QED) is 0.572. The van der Waals surface area contributed by atoms with E-state index in [1.165, 1.54) is 12.6 Å². The summed E-state index contributed by atoms with van der Waals surface area (Å²) in [5.74, 6) is 1.66. The molecule has 2 rings (SSSR count). The van der Waals surface area contributed by atoms with Gasteiger partial charge in [-0.25, -0.2) is 5.53 Å². The van der Waals surface area contributed by atoms with Gasteiger partial charge < -0.3 is 10.2 Å². The summed E-state index contributed by atoms with van der Waals surface area (Å²) in [5.41, 5.74) is 6.61. The topological polar surface area (TPSA) is 68.6 Å². The van der Waals surface area contributed by atoms with E-state index in [2.05, 4.69) is 10.4 Å². The number of hydrogen-bond donors (Lipinski definition) is 2. The SMILES string of the molecule is CNC1CC2CC2CN(C/C=C/C=C\N=N)C1=O. The molecular formula is C13H20N4O. The van der Waals surface area contributed by atoms with Crippen LogP contribution in [0.4, 0.5) is 0 Å². The maximum atomic E-state index is 12.2. The second-order valence-electron chi connectivity index (χ2n) is 4.97. The maximum absolute atomic E-state index is 12.2. The Hall–Kier alpha value is -1.49. The summed E-state index contributed by atoms with van der Waals surface area (Å²) in [6.45, 7) is 1.53. The second kappa shape index (κ2) is 5.91. The van der Waals surface area contributed by atoms with E-state index in [0.29, 0.717) is 12.5 Å². The number of rotatable bonds is 5. The van der Waals surface area contributed by atoms with E-state index < -0.39 is 0 Å². The fraction of sp³-hybridized carbons (Fsp3) is 0.615. The Bertz CT molecular complexity index is 377. The lowest BCUT2D eigenvalue weighted by Crippen LogP contribution is -2.44. The van der Waals surface area contributed by atoms with Crippen LogP contribution in [0.15, 0.2) is 29.5 Å². The molecule has 0 aromatic rings. The Morgan fingerprint density at radius 1 is 1.44 bits per heavy atom. The molecule has 18 heavy (non-hydrogen) atoms. The van der Waals surface area contributed by atoms with Crippen molar-refractivity contribution in [1.82, 2.24) is 10.2 Å². The third kappa shape index (κ3) is 3.04. The van der Waals surface area contributed by atoms with Crippen LogP contribution < -0.4 is 5.32 Å². The molecule has 2 fully saturated rings. The first-order valence-electron chi connectivity index (χ1n) is 6.40. The second-order valence-corrected chi connectivity index (χ2v) is 4.97. The van der Waals surface area contributed by atoms with Crippen molar-refractivity contribution in [3.63, 3.8) is 0 Å². The molecule has 3 unspecified atom stereocenters. The average molecular weight is 248 g/mol. The number of fused-ring (bicyclic) bond motifs is 1. The van der Waals surface area contributed by atoms with Gasteiger partial charge in [0.1, 0.15) is 0 Å². The third-order valence-electron chi connectivity index (χ3n) is 3.75. The molecule has 98 valence electrons. The standard InChI is InChI=1S/C13H20N4O/c1-15-12-8-10-7-11(10)9-17(13(12)18)6-4-2-3-5-16-14/h2-5,10-12,14-15H,6-9H2,1H3/b4-2+,5-3-,16-14?. The van der Waals surface area contributed by atoms with Crippen molar-refractivity contribution in [3.8, 4) is 0 Å². The molecular weight excluding hydrogens is 228 g/mol. The Kier molecular flexibility index (Phi) is 4.25. The van der Waals surface area contributed by atoms with Crippen molar-refractivity contribution in [1.29, 1.82) is 5.53 Å². The molecule has 0 spiro atoms. The maximum Gasteiger partial charge on any atom is 0.239 e. The van der Waals surface area contributed by atoms with E-state index in [-0.39, 0.29) is 11.9 Å². The molecule has 0 radical (unpaired) electrons. The lowest BCUT2D eigenvalue weighted by atomic mass is 10.1. The molecule has 0 aromatic heterocycles. The molecule has 1 saturated heterocycles. The highest BCUT2D eigenvalue weighted by Gasteiger charge is 2.44. The number of nitrogens with zero attached hydrogens (tertiary/aromatic N) is 2. The zero-order chi connectivity index (χ0) is 13.0. The minimum atomic E-state index is -0.0188. The Morgan fingerprint density at radius 2 is 2.28 bits per heavy atom. The van der Waals surface area contributed by atoms with E-state index in [1.54, 1.807) is 6.08 Å². The number of carbonyl (C=O) groups excluding carboxylic acids is 1. The Labute approximate surface area is 107 Å². The van der Waals surface area contributed by atoms with Gasteiger partial charge in [0.25, 0.3) is 0 Å². The van der Waals surface area contributed by atoms with Crippen molar-refractivity contribution in [2.75, 3.05) is 20.1 Å². The molecule has 1 aliphatic heterocycles. The predicted molar refractivity (Wildman–Crippen MR) is 69.1 cm³/mol. The van der Waals surface area contributed by atoms with Gasteiger partial charge in [-0.1, -0.05) is 12.2 Å². The summed E-state index contributed by atoms with van der Waals surface area (Å²) in [6, 6.07) is -0.0188. The van der Waals surface area contributed by atoms with E-state index >= 15 is 0 Å². The van der Waals surface area contributed by atoms with Crippen molar-refractivity contribution >= 4 is 5.91 Å². The molecule has 1 heterocycles. The Balaban J connectivity index is 1.92. The lowest BCUT2D eigenvalue weighted by Gasteiger charge is -2.24.